The Bertz CT molecular complexity index is 617. The fraction of sp³-hybridized carbons (Fsp3) is 0. The predicted octanol–water partition coefficient (Wildman–Crippen LogP) is 4.28. The van der Waals surface area contributed by atoms with E-state index in [1.54, 1.807) is 6.07 Å². The van der Waals surface area contributed by atoms with E-state index in [0.29, 0.717) is 0 Å². The fourth-order valence-corrected chi connectivity index (χ4v) is 1.62. The smallest absolute Gasteiger partial charge is 0.146 e. The van der Waals surface area contributed by atoms with Crippen LogP contribution in [0.4, 0.5) is 8.78 Å². The van der Waals surface area contributed by atoms with Crippen molar-refractivity contribution in [2.75, 3.05) is 0 Å². The first-order valence-corrected chi connectivity index (χ1v) is 5.30. The van der Waals surface area contributed by atoms with Crippen LogP contribution in [0.5, 0.6) is 11.5 Å². The molecule has 0 saturated heterocycles. The number of nitrogens with zero attached hydrogens (tertiary/aromatic N) is 1. The molecule has 0 aliphatic rings. The van der Waals surface area contributed by atoms with Crippen molar-refractivity contribution >= 4 is 11.6 Å². The van der Waals surface area contributed by atoms with E-state index in [4.69, 9.17) is 21.6 Å². The van der Waals surface area contributed by atoms with Crippen molar-refractivity contribution in [1.82, 2.24) is 0 Å². The van der Waals surface area contributed by atoms with Gasteiger partial charge < -0.3 is 4.74 Å². The summed E-state index contributed by atoms with van der Waals surface area (Å²) < 4.78 is 31.2. The molecule has 2 rings (SSSR count). The van der Waals surface area contributed by atoms with Gasteiger partial charge in [-0.2, -0.15) is 5.26 Å². The summed E-state index contributed by atoms with van der Waals surface area (Å²) >= 11 is 5.81. The highest BCUT2D eigenvalue weighted by molar-refractivity contribution is 6.31. The Labute approximate surface area is 107 Å². The Hall–Kier alpha value is -2.12. The van der Waals surface area contributed by atoms with Crippen molar-refractivity contribution in [1.29, 1.82) is 5.26 Å². The van der Waals surface area contributed by atoms with Gasteiger partial charge in [-0.05, 0) is 12.1 Å². The second-order valence-corrected chi connectivity index (χ2v) is 3.84. The van der Waals surface area contributed by atoms with Crippen LogP contribution in [0.15, 0.2) is 36.4 Å². The molecular weight excluding hydrogens is 260 g/mol. The lowest BCUT2D eigenvalue weighted by atomic mass is 10.2. The zero-order valence-electron chi connectivity index (χ0n) is 8.95. The van der Waals surface area contributed by atoms with Gasteiger partial charge in [0, 0.05) is 18.2 Å². The van der Waals surface area contributed by atoms with Crippen molar-refractivity contribution in [3.05, 3.63) is 58.6 Å². The molecule has 0 radical (unpaired) electrons. The van der Waals surface area contributed by atoms with Gasteiger partial charge in [0.15, 0.2) is 0 Å². The standard InChI is InChI=1S/C13H6ClF2NO/c14-12-2-1-3-13(11(12)7-17)18-10-5-8(15)4-9(16)6-10/h1-6H. The molecule has 0 unspecified atom stereocenters. The molecule has 2 aromatic carbocycles. The first-order valence-electron chi connectivity index (χ1n) is 4.92. The highest BCUT2D eigenvalue weighted by Crippen LogP contribution is 2.30. The van der Waals surface area contributed by atoms with Gasteiger partial charge in [-0.1, -0.05) is 17.7 Å². The van der Waals surface area contributed by atoms with E-state index in [1.165, 1.54) is 12.1 Å². The van der Waals surface area contributed by atoms with Crippen LogP contribution >= 0.6 is 11.6 Å². The average Bonchev–Trinajstić information content (AvgIpc) is 2.27. The number of nitriles is 1. The van der Waals surface area contributed by atoms with Gasteiger partial charge >= 0.3 is 0 Å². The van der Waals surface area contributed by atoms with Crippen LogP contribution in [0.3, 0.4) is 0 Å². The summed E-state index contributed by atoms with van der Waals surface area (Å²) in [5.41, 5.74) is 0.115. The minimum Gasteiger partial charge on any atom is -0.456 e. The topological polar surface area (TPSA) is 33.0 Å². The van der Waals surface area contributed by atoms with Crippen LogP contribution < -0.4 is 4.74 Å². The molecule has 0 aromatic heterocycles. The molecule has 5 heteroatoms. The van der Waals surface area contributed by atoms with E-state index in [2.05, 4.69) is 0 Å². The molecule has 0 aliphatic carbocycles. The summed E-state index contributed by atoms with van der Waals surface area (Å²) in [7, 11) is 0. The third-order valence-electron chi connectivity index (χ3n) is 2.15. The molecular formula is C13H6ClF2NO. The number of ether oxygens (including phenoxy) is 1. The maximum Gasteiger partial charge on any atom is 0.146 e. The van der Waals surface area contributed by atoms with Gasteiger partial charge in [0.2, 0.25) is 0 Å². The average molecular weight is 266 g/mol. The highest BCUT2D eigenvalue weighted by Gasteiger charge is 2.09. The van der Waals surface area contributed by atoms with Crippen molar-refractivity contribution in [2.45, 2.75) is 0 Å². The largest absolute Gasteiger partial charge is 0.456 e. The van der Waals surface area contributed by atoms with Crippen LogP contribution in [0.2, 0.25) is 5.02 Å². The summed E-state index contributed by atoms with van der Waals surface area (Å²) in [6.07, 6.45) is 0. The number of halogens is 3. The maximum absolute atomic E-state index is 13.0. The van der Waals surface area contributed by atoms with Gasteiger partial charge in [0.25, 0.3) is 0 Å². The van der Waals surface area contributed by atoms with E-state index in [9.17, 15) is 8.78 Å². The van der Waals surface area contributed by atoms with Crippen LogP contribution in [0.25, 0.3) is 0 Å². The van der Waals surface area contributed by atoms with Crippen LogP contribution in [0.1, 0.15) is 5.56 Å². The highest BCUT2D eigenvalue weighted by atomic mass is 35.5. The van der Waals surface area contributed by atoms with E-state index in [0.717, 1.165) is 18.2 Å². The number of hydrogen-bond acceptors (Lipinski definition) is 2. The third-order valence-corrected chi connectivity index (χ3v) is 2.47. The number of benzene rings is 2. The van der Waals surface area contributed by atoms with Crippen molar-refractivity contribution < 1.29 is 13.5 Å². The lowest BCUT2D eigenvalue weighted by molar-refractivity contribution is 0.467. The summed E-state index contributed by atoms with van der Waals surface area (Å²) in [5.74, 6) is -1.41. The second-order valence-electron chi connectivity index (χ2n) is 3.43. The van der Waals surface area contributed by atoms with Gasteiger partial charge in [-0.3, -0.25) is 0 Å². The molecule has 0 saturated carbocycles. The molecule has 0 heterocycles. The monoisotopic (exact) mass is 265 g/mol. The minimum atomic E-state index is -0.759. The zero-order chi connectivity index (χ0) is 13.1. The zero-order valence-corrected chi connectivity index (χ0v) is 9.71. The Morgan fingerprint density at radius 2 is 1.78 bits per heavy atom. The maximum atomic E-state index is 13.0. The molecule has 0 fully saturated rings. The SMILES string of the molecule is N#Cc1c(Cl)cccc1Oc1cc(F)cc(F)c1. The number of hydrogen-bond donors (Lipinski definition) is 0. The molecule has 0 N–H and O–H groups in total. The van der Waals surface area contributed by atoms with E-state index in [-0.39, 0.29) is 22.1 Å². The normalized spacial score (nSPS) is 9.89. The predicted molar refractivity (Wildman–Crippen MR) is 62.6 cm³/mol. The third kappa shape index (κ3) is 2.58. The quantitative estimate of drug-likeness (QED) is 0.812. The Kier molecular flexibility index (Phi) is 3.45. The van der Waals surface area contributed by atoms with Crippen LogP contribution in [-0.4, -0.2) is 0 Å². The molecule has 2 nitrogen and oxygen atoms in total. The van der Waals surface area contributed by atoms with Crippen molar-refractivity contribution in [3.8, 4) is 17.6 Å². The van der Waals surface area contributed by atoms with E-state index in [1.807, 2.05) is 6.07 Å². The van der Waals surface area contributed by atoms with Crippen molar-refractivity contribution in [2.24, 2.45) is 0 Å². The molecule has 2 aromatic rings. The molecule has 0 atom stereocenters. The van der Waals surface area contributed by atoms with Crippen molar-refractivity contribution in [3.63, 3.8) is 0 Å². The molecule has 18 heavy (non-hydrogen) atoms. The van der Waals surface area contributed by atoms with Crippen LogP contribution in [-0.2, 0) is 0 Å². The van der Waals surface area contributed by atoms with Gasteiger partial charge in [0.1, 0.15) is 34.8 Å². The Balaban J connectivity index is 2.40. The fourth-order valence-electron chi connectivity index (χ4n) is 1.41. The van der Waals surface area contributed by atoms with Gasteiger partial charge in [-0.25, -0.2) is 8.78 Å². The van der Waals surface area contributed by atoms with Gasteiger partial charge in [-0.15, -0.1) is 0 Å². The Morgan fingerprint density at radius 1 is 1.11 bits per heavy atom. The lowest BCUT2D eigenvalue weighted by Gasteiger charge is -2.08. The first-order chi connectivity index (χ1) is 8.60. The molecule has 90 valence electrons. The summed E-state index contributed by atoms with van der Waals surface area (Å²) in [4.78, 5) is 0. The van der Waals surface area contributed by atoms with E-state index < -0.39 is 11.6 Å². The van der Waals surface area contributed by atoms with E-state index >= 15 is 0 Å². The summed E-state index contributed by atoms with van der Waals surface area (Å²) in [6, 6.07) is 9.24. The molecule has 0 aliphatic heterocycles. The second kappa shape index (κ2) is 5.03. The molecule has 0 bridgehead atoms. The van der Waals surface area contributed by atoms with Gasteiger partial charge in [0.05, 0.1) is 5.02 Å². The lowest BCUT2D eigenvalue weighted by Crippen LogP contribution is -1.91. The summed E-state index contributed by atoms with van der Waals surface area (Å²) in [6.45, 7) is 0. The first kappa shape index (κ1) is 12.3. The number of rotatable bonds is 2. The minimum absolute atomic E-state index is 0.0359. The molecule has 0 amide bonds. The molecule has 0 spiro atoms. The Morgan fingerprint density at radius 3 is 2.39 bits per heavy atom. The van der Waals surface area contributed by atoms with Crippen LogP contribution in [0, 0.1) is 23.0 Å². The summed E-state index contributed by atoms with van der Waals surface area (Å²) in [5, 5.41) is 9.14.